The molecule has 0 radical (unpaired) electrons. The number of hydrogen-bond acceptors (Lipinski definition) is 3. The van der Waals surface area contributed by atoms with Crippen molar-refractivity contribution in [2.45, 2.75) is 19.0 Å². The van der Waals surface area contributed by atoms with Gasteiger partial charge in [0.1, 0.15) is 0 Å². The first-order chi connectivity index (χ1) is 8.20. The summed E-state index contributed by atoms with van der Waals surface area (Å²) in [7, 11) is 0. The molecule has 3 nitrogen and oxygen atoms in total. The molecule has 0 bridgehead atoms. The quantitative estimate of drug-likeness (QED) is 0.845. The van der Waals surface area contributed by atoms with Crippen LogP contribution in [0.15, 0.2) is 35.7 Å². The molecular formula is C13H16N2OS. The Morgan fingerprint density at radius 1 is 1.24 bits per heavy atom. The summed E-state index contributed by atoms with van der Waals surface area (Å²) >= 11 is 1.56. The van der Waals surface area contributed by atoms with Crippen LogP contribution in [-0.4, -0.2) is 27.0 Å². The number of imidazole rings is 1. The lowest BCUT2D eigenvalue weighted by Crippen LogP contribution is -1.98. The van der Waals surface area contributed by atoms with Gasteiger partial charge in [-0.15, -0.1) is 0 Å². The smallest absolute Gasteiger partial charge is 0.172 e. The Balaban J connectivity index is 2.35. The number of aliphatic hydroxyl groups is 1. The monoisotopic (exact) mass is 248 g/mol. The highest BCUT2D eigenvalue weighted by Gasteiger charge is 2.06. The van der Waals surface area contributed by atoms with Gasteiger partial charge in [0, 0.05) is 23.8 Å². The van der Waals surface area contributed by atoms with Crippen LogP contribution in [-0.2, 0) is 0 Å². The van der Waals surface area contributed by atoms with Gasteiger partial charge in [0.15, 0.2) is 5.16 Å². The number of hydrogen-bond donors (Lipinski definition) is 1. The predicted octanol–water partition coefficient (Wildman–Crippen LogP) is 2.57. The Bertz CT molecular complexity index is 488. The minimum absolute atomic E-state index is 0.171. The minimum Gasteiger partial charge on any atom is -0.396 e. The second-order valence-electron chi connectivity index (χ2n) is 4.00. The topological polar surface area (TPSA) is 38.0 Å². The molecule has 1 aromatic carbocycles. The molecule has 0 spiro atoms. The molecule has 90 valence electrons. The Kier molecular flexibility index (Phi) is 3.86. The Morgan fingerprint density at radius 2 is 1.94 bits per heavy atom. The van der Waals surface area contributed by atoms with Crippen molar-refractivity contribution in [1.82, 2.24) is 9.55 Å². The first-order valence-electron chi connectivity index (χ1n) is 5.56. The number of rotatable bonds is 4. The second kappa shape index (κ2) is 5.38. The number of aryl methyl sites for hydroxylation is 2. The summed E-state index contributed by atoms with van der Waals surface area (Å²) in [5.41, 5.74) is 3.61. The normalized spacial score (nSPS) is 10.8. The van der Waals surface area contributed by atoms with Gasteiger partial charge in [-0.25, -0.2) is 4.98 Å². The van der Waals surface area contributed by atoms with Crippen LogP contribution in [0.5, 0.6) is 0 Å². The molecule has 0 fully saturated rings. The van der Waals surface area contributed by atoms with Crippen molar-refractivity contribution >= 4 is 11.8 Å². The van der Waals surface area contributed by atoms with E-state index in [-0.39, 0.29) is 6.61 Å². The van der Waals surface area contributed by atoms with Crippen LogP contribution in [0.2, 0.25) is 0 Å². The molecule has 1 N–H and O–H groups in total. The standard InChI is InChI=1S/C13H16N2OS/c1-10-7-11(2)9-12(8-10)15-4-3-14-13(15)17-6-5-16/h3-4,7-9,16H,5-6H2,1-2H3. The van der Waals surface area contributed by atoms with E-state index in [9.17, 15) is 0 Å². The van der Waals surface area contributed by atoms with E-state index in [4.69, 9.17) is 5.11 Å². The zero-order valence-corrected chi connectivity index (χ0v) is 10.9. The van der Waals surface area contributed by atoms with E-state index in [1.165, 1.54) is 11.1 Å². The number of thioether (sulfide) groups is 1. The molecule has 0 amide bonds. The van der Waals surface area contributed by atoms with Crippen molar-refractivity contribution in [3.63, 3.8) is 0 Å². The third-order valence-electron chi connectivity index (χ3n) is 2.41. The van der Waals surface area contributed by atoms with Crippen LogP contribution in [0.4, 0.5) is 0 Å². The van der Waals surface area contributed by atoms with E-state index in [1.807, 2.05) is 6.20 Å². The van der Waals surface area contributed by atoms with Gasteiger partial charge in [0.2, 0.25) is 0 Å². The molecule has 0 unspecified atom stereocenters. The number of aromatic nitrogens is 2. The Hall–Kier alpha value is -1.26. The van der Waals surface area contributed by atoms with Gasteiger partial charge in [0.25, 0.3) is 0 Å². The molecule has 2 aromatic rings. The van der Waals surface area contributed by atoms with Crippen LogP contribution >= 0.6 is 11.8 Å². The summed E-state index contributed by atoms with van der Waals surface area (Å²) in [5, 5.41) is 9.78. The van der Waals surface area contributed by atoms with Gasteiger partial charge in [-0.05, 0) is 37.1 Å². The van der Waals surface area contributed by atoms with Crippen molar-refractivity contribution in [3.8, 4) is 5.69 Å². The molecule has 0 aliphatic carbocycles. The lowest BCUT2D eigenvalue weighted by Gasteiger charge is -2.09. The molecule has 4 heteroatoms. The van der Waals surface area contributed by atoms with Gasteiger partial charge in [0.05, 0.1) is 6.61 Å². The van der Waals surface area contributed by atoms with Crippen molar-refractivity contribution in [2.24, 2.45) is 0 Å². The average molecular weight is 248 g/mol. The summed E-state index contributed by atoms with van der Waals surface area (Å²) in [6.45, 7) is 4.35. The lowest BCUT2D eigenvalue weighted by molar-refractivity contribution is 0.322. The Morgan fingerprint density at radius 3 is 2.59 bits per heavy atom. The average Bonchev–Trinajstić information content (AvgIpc) is 2.73. The molecular weight excluding hydrogens is 232 g/mol. The summed E-state index contributed by atoms with van der Waals surface area (Å²) in [6, 6.07) is 6.43. The Labute approximate surface area is 106 Å². The maximum Gasteiger partial charge on any atom is 0.172 e. The SMILES string of the molecule is Cc1cc(C)cc(-n2ccnc2SCCO)c1. The first kappa shape index (κ1) is 12.2. The number of benzene rings is 1. The molecule has 0 aliphatic heterocycles. The van der Waals surface area contributed by atoms with Crippen LogP contribution in [0.25, 0.3) is 5.69 Å². The van der Waals surface area contributed by atoms with Gasteiger partial charge in [-0.2, -0.15) is 0 Å². The molecule has 2 rings (SSSR count). The largest absolute Gasteiger partial charge is 0.396 e. The van der Waals surface area contributed by atoms with Crippen LogP contribution < -0.4 is 0 Å². The van der Waals surface area contributed by atoms with Gasteiger partial charge >= 0.3 is 0 Å². The molecule has 0 saturated carbocycles. The van der Waals surface area contributed by atoms with Gasteiger partial charge < -0.3 is 5.11 Å². The third-order valence-corrected chi connectivity index (χ3v) is 3.36. The molecule has 1 aromatic heterocycles. The van der Waals surface area contributed by atoms with E-state index >= 15 is 0 Å². The van der Waals surface area contributed by atoms with Crippen molar-refractivity contribution in [1.29, 1.82) is 0 Å². The highest BCUT2D eigenvalue weighted by molar-refractivity contribution is 7.99. The van der Waals surface area contributed by atoms with Crippen LogP contribution in [0.1, 0.15) is 11.1 Å². The number of aliphatic hydroxyl groups excluding tert-OH is 1. The van der Waals surface area contributed by atoms with Gasteiger partial charge in [-0.1, -0.05) is 17.8 Å². The summed E-state index contributed by atoms with van der Waals surface area (Å²) in [4.78, 5) is 4.30. The molecule has 0 atom stereocenters. The molecule has 0 saturated heterocycles. The van der Waals surface area contributed by atoms with E-state index in [2.05, 4.69) is 41.6 Å². The van der Waals surface area contributed by atoms with Gasteiger partial charge in [-0.3, -0.25) is 4.57 Å². The molecule has 1 heterocycles. The third kappa shape index (κ3) is 2.90. The zero-order chi connectivity index (χ0) is 12.3. The number of nitrogens with zero attached hydrogens (tertiary/aromatic N) is 2. The summed E-state index contributed by atoms with van der Waals surface area (Å²) in [5.74, 6) is 0.668. The minimum atomic E-state index is 0.171. The predicted molar refractivity (Wildman–Crippen MR) is 70.8 cm³/mol. The maximum atomic E-state index is 8.86. The highest BCUT2D eigenvalue weighted by atomic mass is 32.2. The second-order valence-corrected chi connectivity index (χ2v) is 5.06. The van der Waals surface area contributed by atoms with Crippen molar-refractivity contribution in [2.75, 3.05) is 12.4 Å². The molecule has 17 heavy (non-hydrogen) atoms. The van der Waals surface area contributed by atoms with E-state index in [0.29, 0.717) is 5.75 Å². The first-order valence-corrected chi connectivity index (χ1v) is 6.55. The van der Waals surface area contributed by atoms with Crippen molar-refractivity contribution in [3.05, 3.63) is 41.7 Å². The fourth-order valence-electron chi connectivity index (χ4n) is 1.82. The lowest BCUT2D eigenvalue weighted by atomic mass is 10.1. The van der Waals surface area contributed by atoms with E-state index in [1.54, 1.807) is 18.0 Å². The van der Waals surface area contributed by atoms with Crippen LogP contribution in [0.3, 0.4) is 0 Å². The van der Waals surface area contributed by atoms with E-state index in [0.717, 1.165) is 10.8 Å². The van der Waals surface area contributed by atoms with Crippen LogP contribution in [0, 0.1) is 13.8 Å². The maximum absolute atomic E-state index is 8.86. The van der Waals surface area contributed by atoms with Crippen molar-refractivity contribution < 1.29 is 5.11 Å². The fraction of sp³-hybridized carbons (Fsp3) is 0.308. The van der Waals surface area contributed by atoms with E-state index < -0.39 is 0 Å². The summed E-state index contributed by atoms with van der Waals surface area (Å²) < 4.78 is 2.06. The highest BCUT2D eigenvalue weighted by Crippen LogP contribution is 2.21. The summed E-state index contributed by atoms with van der Waals surface area (Å²) in [6.07, 6.45) is 3.74. The fourth-order valence-corrected chi connectivity index (χ4v) is 2.53. The zero-order valence-electron chi connectivity index (χ0n) is 10.1. The molecule has 0 aliphatic rings.